The second kappa shape index (κ2) is 3.54. The number of nitrogens with one attached hydrogen (secondary N) is 1. The standard InChI is InChI=1S/C13H12F2N2O/c1-13(14,15)12-16-9-6-10(18)7-4-2-3-5-8(7)11(9)17-12/h2-4,6,8,18H,5H2,1H3,(H,16,17). The number of fused-ring (bicyclic) bond motifs is 3. The maximum absolute atomic E-state index is 13.3. The van der Waals surface area contributed by atoms with Gasteiger partial charge in [0.15, 0.2) is 5.82 Å². The summed E-state index contributed by atoms with van der Waals surface area (Å²) in [6.45, 7) is 0.804. The van der Waals surface area contributed by atoms with Crippen LogP contribution in [0.1, 0.15) is 36.5 Å². The lowest BCUT2D eigenvalue weighted by Gasteiger charge is -2.24. The van der Waals surface area contributed by atoms with E-state index in [2.05, 4.69) is 9.97 Å². The summed E-state index contributed by atoms with van der Waals surface area (Å²) < 4.78 is 26.5. The van der Waals surface area contributed by atoms with Gasteiger partial charge in [0.05, 0.1) is 11.4 Å². The first kappa shape index (κ1) is 11.2. The molecule has 1 unspecified atom stereocenters. The molecule has 0 aromatic carbocycles. The Balaban J connectivity index is 2.14. The number of aliphatic hydroxyl groups excluding tert-OH is 1. The number of hydrogen-bond donors (Lipinski definition) is 2. The zero-order chi connectivity index (χ0) is 12.9. The topological polar surface area (TPSA) is 48.9 Å². The molecule has 0 aliphatic heterocycles. The molecule has 0 amide bonds. The Bertz CT molecular complexity index is 591. The molecule has 0 saturated heterocycles. The van der Waals surface area contributed by atoms with Crippen LogP contribution in [-0.4, -0.2) is 15.1 Å². The largest absolute Gasteiger partial charge is 0.508 e. The molecule has 3 rings (SSSR count). The van der Waals surface area contributed by atoms with E-state index in [0.29, 0.717) is 17.8 Å². The van der Waals surface area contributed by atoms with Crippen LogP contribution in [0.3, 0.4) is 0 Å². The number of allylic oxidation sites excluding steroid dienone is 4. The highest BCUT2D eigenvalue weighted by molar-refractivity contribution is 5.64. The number of hydrogen-bond acceptors (Lipinski definition) is 2. The summed E-state index contributed by atoms with van der Waals surface area (Å²) in [4.78, 5) is 6.57. The molecule has 0 bridgehead atoms. The van der Waals surface area contributed by atoms with E-state index in [9.17, 15) is 13.9 Å². The van der Waals surface area contributed by atoms with E-state index in [4.69, 9.17) is 0 Å². The SMILES string of the molecule is CC(F)(F)c1nc2c([nH]1)C1CC=CC=C1C(O)=C2. The molecule has 1 aromatic heterocycles. The highest BCUT2D eigenvalue weighted by Gasteiger charge is 2.34. The molecule has 1 heterocycles. The zero-order valence-electron chi connectivity index (χ0n) is 9.74. The molecule has 0 spiro atoms. The van der Waals surface area contributed by atoms with Gasteiger partial charge >= 0.3 is 5.92 Å². The lowest BCUT2D eigenvalue weighted by Crippen LogP contribution is -2.13. The number of halogens is 2. The van der Waals surface area contributed by atoms with Crippen LogP contribution in [0.25, 0.3) is 6.08 Å². The van der Waals surface area contributed by atoms with E-state index in [-0.39, 0.29) is 17.5 Å². The van der Waals surface area contributed by atoms with Gasteiger partial charge in [-0.1, -0.05) is 18.2 Å². The molecule has 2 N–H and O–H groups in total. The third-order valence-corrected chi connectivity index (χ3v) is 3.25. The molecule has 1 aromatic rings. The van der Waals surface area contributed by atoms with Gasteiger partial charge in [-0.3, -0.25) is 0 Å². The average Bonchev–Trinajstić information content (AvgIpc) is 2.73. The number of imidazole rings is 1. The molecule has 0 fully saturated rings. The van der Waals surface area contributed by atoms with Crippen LogP contribution in [-0.2, 0) is 5.92 Å². The molecule has 3 nitrogen and oxygen atoms in total. The van der Waals surface area contributed by atoms with Crippen molar-refractivity contribution in [2.45, 2.75) is 25.2 Å². The Morgan fingerprint density at radius 1 is 1.50 bits per heavy atom. The summed E-state index contributed by atoms with van der Waals surface area (Å²) in [5.74, 6) is -3.37. The minimum absolute atomic E-state index is 0.106. The van der Waals surface area contributed by atoms with Crippen molar-refractivity contribution in [2.24, 2.45) is 0 Å². The summed E-state index contributed by atoms with van der Waals surface area (Å²) in [6, 6.07) is 0. The van der Waals surface area contributed by atoms with Gasteiger partial charge in [-0.15, -0.1) is 0 Å². The van der Waals surface area contributed by atoms with Crippen LogP contribution in [0.4, 0.5) is 8.78 Å². The third-order valence-electron chi connectivity index (χ3n) is 3.25. The Labute approximate surface area is 103 Å². The van der Waals surface area contributed by atoms with E-state index >= 15 is 0 Å². The smallest absolute Gasteiger partial charge is 0.301 e. The fourth-order valence-corrected chi connectivity index (χ4v) is 2.36. The molecular formula is C13H12F2N2O. The quantitative estimate of drug-likeness (QED) is 0.802. The molecular weight excluding hydrogens is 238 g/mol. The zero-order valence-corrected chi connectivity index (χ0v) is 9.74. The van der Waals surface area contributed by atoms with Crippen LogP contribution in [0.15, 0.2) is 29.6 Å². The Hall–Kier alpha value is -1.91. The number of aromatic amines is 1. The van der Waals surface area contributed by atoms with Gasteiger partial charge in [-0.25, -0.2) is 4.98 Å². The minimum Gasteiger partial charge on any atom is -0.508 e. The fourth-order valence-electron chi connectivity index (χ4n) is 2.36. The van der Waals surface area contributed by atoms with E-state index in [0.717, 1.165) is 12.5 Å². The molecule has 18 heavy (non-hydrogen) atoms. The predicted octanol–water partition coefficient (Wildman–Crippen LogP) is 3.40. The average molecular weight is 250 g/mol. The number of H-pyrrole nitrogens is 1. The van der Waals surface area contributed by atoms with Gasteiger partial charge in [-0.05, 0) is 6.42 Å². The van der Waals surface area contributed by atoms with E-state index in [1.54, 1.807) is 6.08 Å². The first-order chi connectivity index (χ1) is 8.47. The lowest BCUT2D eigenvalue weighted by atomic mass is 9.83. The third kappa shape index (κ3) is 1.58. The van der Waals surface area contributed by atoms with E-state index in [1.165, 1.54) is 6.08 Å². The highest BCUT2D eigenvalue weighted by atomic mass is 19.3. The van der Waals surface area contributed by atoms with Gasteiger partial charge in [-0.2, -0.15) is 8.78 Å². The van der Waals surface area contributed by atoms with Crippen LogP contribution in [0, 0.1) is 0 Å². The summed E-state index contributed by atoms with van der Waals surface area (Å²) in [7, 11) is 0. The Morgan fingerprint density at radius 3 is 3.00 bits per heavy atom. The van der Waals surface area contributed by atoms with Crippen molar-refractivity contribution >= 4 is 6.08 Å². The van der Waals surface area contributed by atoms with Gasteiger partial charge in [0, 0.05) is 24.5 Å². The second-order valence-electron chi connectivity index (χ2n) is 4.64. The number of rotatable bonds is 1. The van der Waals surface area contributed by atoms with Gasteiger partial charge < -0.3 is 10.1 Å². The first-order valence-corrected chi connectivity index (χ1v) is 5.73. The number of nitrogens with zero attached hydrogens (tertiary/aromatic N) is 1. The van der Waals surface area contributed by atoms with Gasteiger partial charge in [0.1, 0.15) is 5.76 Å². The van der Waals surface area contributed by atoms with E-state index < -0.39 is 5.92 Å². The van der Waals surface area contributed by atoms with Crippen LogP contribution >= 0.6 is 0 Å². The molecule has 2 aliphatic carbocycles. The maximum Gasteiger partial charge on any atom is 0.301 e. The molecule has 2 aliphatic rings. The Morgan fingerprint density at radius 2 is 2.28 bits per heavy atom. The first-order valence-electron chi connectivity index (χ1n) is 5.73. The lowest BCUT2D eigenvalue weighted by molar-refractivity contribution is 0.00844. The van der Waals surface area contributed by atoms with Gasteiger partial charge in [0.25, 0.3) is 0 Å². The maximum atomic E-state index is 13.3. The molecule has 94 valence electrons. The highest BCUT2D eigenvalue weighted by Crippen LogP contribution is 2.41. The van der Waals surface area contributed by atoms with Crippen molar-refractivity contribution < 1.29 is 13.9 Å². The van der Waals surface area contributed by atoms with Crippen molar-refractivity contribution in [2.75, 3.05) is 0 Å². The van der Waals surface area contributed by atoms with Gasteiger partial charge in [0.2, 0.25) is 0 Å². The molecule has 5 heteroatoms. The van der Waals surface area contributed by atoms with E-state index in [1.807, 2.05) is 12.2 Å². The van der Waals surface area contributed by atoms with Crippen molar-refractivity contribution in [3.8, 4) is 0 Å². The monoisotopic (exact) mass is 250 g/mol. The molecule has 0 saturated carbocycles. The van der Waals surface area contributed by atoms with Crippen molar-refractivity contribution in [1.82, 2.24) is 9.97 Å². The van der Waals surface area contributed by atoms with Crippen molar-refractivity contribution in [1.29, 1.82) is 0 Å². The van der Waals surface area contributed by atoms with Crippen molar-refractivity contribution in [3.63, 3.8) is 0 Å². The number of alkyl halides is 2. The normalized spacial score (nSPS) is 22.1. The predicted molar refractivity (Wildman–Crippen MR) is 63.3 cm³/mol. The minimum atomic E-state index is -3.00. The van der Waals surface area contributed by atoms with Crippen LogP contribution < -0.4 is 0 Å². The summed E-state index contributed by atoms with van der Waals surface area (Å²) in [6.07, 6.45) is 7.71. The fraction of sp³-hybridized carbons (Fsp3) is 0.308. The summed E-state index contributed by atoms with van der Waals surface area (Å²) in [5, 5.41) is 9.88. The molecule has 1 atom stereocenters. The Kier molecular flexibility index (Phi) is 2.20. The number of aromatic nitrogens is 2. The molecule has 0 radical (unpaired) electrons. The summed E-state index contributed by atoms with van der Waals surface area (Å²) >= 11 is 0. The van der Waals surface area contributed by atoms with Crippen LogP contribution in [0.5, 0.6) is 0 Å². The van der Waals surface area contributed by atoms with Crippen molar-refractivity contribution in [3.05, 3.63) is 46.8 Å². The summed E-state index contributed by atoms with van der Waals surface area (Å²) in [5.41, 5.74) is 1.81. The second-order valence-corrected chi connectivity index (χ2v) is 4.64. The number of aliphatic hydroxyl groups is 1. The van der Waals surface area contributed by atoms with Crippen LogP contribution in [0.2, 0.25) is 0 Å².